The van der Waals surface area contributed by atoms with Crippen molar-refractivity contribution in [3.63, 3.8) is 0 Å². The van der Waals surface area contributed by atoms with E-state index in [0.29, 0.717) is 5.58 Å². The molecule has 0 unspecified atom stereocenters. The maximum atomic E-state index is 10.7. The third-order valence-electron chi connectivity index (χ3n) is 1.42. The molecule has 0 atom stereocenters. The fourth-order valence-corrected chi connectivity index (χ4v) is 0.912. The summed E-state index contributed by atoms with van der Waals surface area (Å²) in [7, 11) is 0. The molecule has 2 aromatic heterocycles. The third kappa shape index (κ3) is 1.46. The van der Waals surface area contributed by atoms with Gasteiger partial charge >= 0.3 is 5.63 Å². The lowest BCUT2D eigenvalue weighted by Gasteiger charge is -1.90. The Hall–Kier alpha value is -1.35. The lowest BCUT2D eigenvalue weighted by molar-refractivity contribution is 0.560. The van der Waals surface area contributed by atoms with Crippen molar-refractivity contribution in [2.75, 3.05) is 0 Å². The zero-order valence-corrected chi connectivity index (χ0v) is 6.88. The second kappa shape index (κ2) is 3.36. The van der Waals surface area contributed by atoms with E-state index < -0.39 is 0 Å². The molecule has 3 nitrogen and oxygen atoms in total. The summed E-state index contributed by atoms with van der Waals surface area (Å²) in [6, 6.07) is 4.73. The normalized spacial score (nSPS) is 9.33. The van der Waals surface area contributed by atoms with Gasteiger partial charge in [-0.15, -0.1) is 12.4 Å². The molecule has 0 bridgehead atoms. The van der Waals surface area contributed by atoms with Crippen LogP contribution in [0.15, 0.2) is 39.8 Å². The number of hydrogen-bond donors (Lipinski definition) is 0. The minimum Gasteiger partial charge on any atom is -0.423 e. The number of halogens is 1. The maximum absolute atomic E-state index is 10.7. The van der Waals surface area contributed by atoms with E-state index in [1.165, 1.54) is 6.07 Å². The van der Waals surface area contributed by atoms with E-state index >= 15 is 0 Å². The van der Waals surface area contributed by atoms with Crippen molar-refractivity contribution in [3.8, 4) is 0 Å². The molecule has 0 aromatic carbocycles. The second-order valence-electron chi connectivity index (χ2n) is 2.17. The molecule has 0 aliphatic rings. The highest BCUT2D eigenvalue weighted by Crippen LogP contribution is 2.07. The van der Waals surface area contributed by atoms with Gasteiger partial charge in [-0.05, 0) is 12.1 Å². The SMILES string of the molecule is Cl.O=c1ccc2cnccc2o1. The van der Waals surface area contributed by atoms with Crippen LogP contribution in [0.5, 0.6) is 0 Å². The first-order valence-corrected chi connectivity index (χ1v) is 3.20. The highest BCUT2D eigenvalue weighted by Gasteiger charge is 1.92. The predicted molar refractivity (Wildman–Crippen MR) is 47.5 cm³/mol. The first kappa shape index (κ1) is 8.74. The lowest BCUT2D eigenvalue weighted by atomic mass is 10.3. The number of pyridine rings is 1. The van der Waals surface area contributed by atoms with Gasteiger partial charge in [-0.1, -0.05) is 0 Å². The van der Waals surface area contributed by atoms with Crippen LogP contribution in [0.4, 0.5) is 0 Å². The molecular formula is C8H6ClNO2. The summed E-state index contributed by atoms with van der Waals surface area (Å²) in [5.74, 6) is 0. The van der Waals surface area contributed by atoms with Crippen molar-refractivity contribution >= 4 is 23.4 Å². The molecule has 4 heteroatoms. The highest BCUT2D eigenvalue weighted by molar-refractivity contribution is 5.85. The van der Waals surface area contributed by atoms with E-state index in [-0.39, 0.29) is 18.0 Å². The Bertz CT molecular complexity index is 438. The fraction of sp³-hybridized carbons (Fsp3) is 0. The Labute approximate surface area is 74.5 Å². The monoisotopic (exact) mass is 183 g/mol. The molecular weight excluding hydrogens is 178 g/mol. The molecule has 0 spiro atoms. The van der Waals surface area contributed by atoms with Crippen LogP contribution in [-0.4, -0.2) is 4.98 Å². The molecule has 0 saturated carbocycles. The summed E-state index contributed by atoms with van der Waals surface area (Å²) in [4.78, 5) is 14.6. The van der Waals surface area contributed by atoms with Crippen LogP contribution in [0.25, 0.3) is 11.0 Å². The van der Waals surface area contributed by atoms with Crippen LogP contribution < -0.4 is 5.63 Å². The van der Waals surface area contributed by atoms with E-state index in [1.54, 1.807) is 24.5 Å². The predicted octanol–water partition coefficient (Wildman–Crippen LogP) is 1.61. The standard InChI is InChI=1S/C8H5NO2.ClH/c10-8-2-1-6-5-9-4-3-7(6)11-8;/h1-5H;1H. The van der Waals surface area contributed by atoms with Crippen LogP contribution in [0.1, 0.15) is 0 Å². The minimum absolute atomic E-state index is 0. The van der Waals surface area contributed by atoms with Gasteiger partial charge < -0.3 is 4.42 Å². The van der Waals surface area contributed by atoms with Crippen LogP contribution in [-0.2, 0) is 0 Å². The number of fused-ring (bicyclic) bond motifs is 1. The maximum Gasteiger partial charge on any atom is 0.336 e. The number of rotatable bonds is 0. The van der Waals surface area contributed by atoms with Gasteiger partial charge in [-0.3, -0.25) is 4.98 Å². The molecule has 0 fully saturated rings. The summed E-state index contributed by atoms with van der Waals surface area (Å²) >= 11 is 0. The van der Waals surface area contributed by atoms with Crippen molar-refractivity contribution < 1.29 is 4.42 Å². The van der Waals surface area contributed by atoms with Gasteiger partial charge in [0, 0.05) is 23.8 Å². The van der Waals surface area contributed by atoms with E-state index in [4.69, 9.17) is 4.42 Å². The molecule has 0 saturated heterocycles. The molecule has 0 N–H and O–H groups in total. The van der Waals surface area contributed by atoms with Crippen molar-refractivity contribution in [2.24, 2.45) is 0 Å². The van der Waals surface area contributed by atoms with E-state index in [9.17, 15) is 4.79 Å². The van der Waals surface area contributed by atoms with Gasteiger partial charge in [0.15, 0.2) is 0 Å². The van der Waals surface area contributed by atoms with Gasteiger partial charge in [0.2, 0.25) is 0 Å². The van der Waals surface area contributed by atoms with Crippen LogP contribution in [0.2, 0.25) is 0 Å². The Balaban J connectivity index is 0.000000720. The zero-order chi connectivity index (χ0) is 7.68. The summed E-state index contributed by atoms with van der Waals surface area (Å²) in [6.45, 7) is 0. The summed E-state index contributed by atoms with van der Waals surface area (Å²) in [5, 5.41) is 0.840. The highest BCUT2D eigenvalue weighted by atomic mass is 35.5. The van der Waals surface area contributed by atoms with Gasteiger partial charge in [-0.2, -0.15) is 0 Å². The third-order valence-corrected chi connectivity index (χ3v) is 1.42. The average molecular weight is 184 g/mol. The molecule has 0 aliphatic carbocycles. The first-order chi connectivity index (χ1) is 5.36. The Morgan fingerprint density at radius 1 is 1.25 bits per heavy atom. The van der Waals surface area contributed by atoms with E-state index in [1.807, 2.05) is 0 Å². The quantitative estimate of drug-likeness (QED) is 0.623. The van der Waals surface area contributed by atoms with Crippen LogP contribution in [0, 0.1) is 0 Å². The van der Waals surface area contributed by atoms with Crippen LogP contribution in [0.3, 0.4) is 0 Å². The van der Waals surface area contributed by atoms with Gasteiger partial charge in [0.25, 0.3) is 0 Å². The number of nitrogens with zero attached hydrogens (tertiary/aromatic N) is 1. The summed E-state index contributed by atoms with van der Waals surface area (Å²) in [5.41, 5.74) is 0.246. The molecule has 0 amide bonds. The Morgan fingerprint density at radius 2 is 2.08 bits per heavy atom. The largest absolute Gasteiger partial charge is 0.423 e. The molecule has 0 radical (unpaired) electrons. The summed E-state index contributed by atoms with van der Waals surface area (Å²) < 4.78 is 4.87. The number of aromatic nitrogens is 1. The molecule has 0 aliphatic heterocycles. The zero-order valence-electron chi connectivity index (χ0n) is 6.06. The molecule has 12 heavy (non-hydrogen) atoms. The van der Waals surface area contributed by atoms with Crippen molar-refractivity contribution in [1.82, 2.24) is 4.98 Å². The Kier molecular flexibility index (Phi) is 2.45. The van der Waals surface area contributed by atoms with E-state index in [2.05, 4.69) is 4.98 Å². The topological polar surface area (TPSA) is 43.1 Å². The fourth-order valence-electron chi connectivity index (χ4n) is 0.912. The van der Waals surface area contributed by atoms with Crippen molar-refractivity contribution in [3.05, 3.63) is 41.0 Å². The molecule has 2 heterocycles. The molecule has 2 aromatic rings. The Morgan fingerprint density at radius 3 is 2.92 bits per heavy atom. The lowest BCUT2D eigenvalue weighted by Crippen LogP contribution is -1.93. The average Bonchev–Trinajstić information content (AvgIpc) is 2.04. The van der Waals surface area contributed by atoms with Crippen molar-refractivity contribution in [1.29, 1.82) is 0 Å². The van der Waals surface area contributed by atoms with Gasteiger partial charge in [0.1, 0.15) is 5.58 Å². The van der Waals surface area contributed by atoms with Crippen LogP contribution >= 0.6 is 12.4 Å². The van der Waals surface area contributed by atoms with Gasteiger partial charge in [0.05, 0.1) is 0 Å². The number of hydrogen-bond acceptors (Lipinski definition) is 3. The molecule has 2 rings (SSSR count). The van der Waals surface area contributed by atoms with Gasteiger partial charge in [-0.25, -0.2) is 4.79 Å². The second-order valence-corrected chi connectivity index (χ2v) is 2.17. The minimum atomic E-state index is -0.330. The first-order valence-electron chi connectivity index (χ1n) is 3.20. The van der Waals surface area contributed by atoms with E-state index in [0.717, 1.165) is 5.39 Å². The van der Waals surface area contributed by atoms with Crippen molar-refractivity contribution in [2.45, 2.75) is 0 Å². The summed E-state index contributed by atoms with van der Waals surface area (Å²) in [6.07, 6.45) is 3.24. The molecule has 62 valence electrons. The smallest absolute Gasteiger partial charge is 0.336 e.